The van der Waals surface area contributed by atoms with Crippen molar-refractivity contribution in [2.24, 2.45) is 0 Å². The second kappa shape index (κ2) is 4.52. The molecule has 1 N–H and O–H groups in total. The van der Waals surface area contributed by atoms with E-state index >= 15 is 0 Å². The minimum Gasteiger partial charge on any atom is -0.354 e. The van der Waals surface area contributed by atoms with E-state index in [0.29, 0.717) is 0 Å². The fraction of sp³-hybridized carbons (Fsp3) is 0. The summed E-state index contributed by atoms with van der Waals surface area (Å²) in [6, 6.07) is 26.1. The fourth-order valence-electron chi connectivity index (χ4n) is 3.07. The molecule has 4 aromatic rings. The molecule has 0 aliphatic carbocycles. The Morgan fingerprint density at radius 1 is 0.545 bits per heavy atom. The number of hydrogen-bond donors (Lipinski definition) is 1. The first-order valence-corrected chi connectivity index (χ1v) is 8.19. The van der Waals surface area contributed by atoms with Gasteiger partial charge in [-0.25, -0.2) is 0 Å². The van der Waals surface area contributed by atoms with Crippen molar-refractivity contribution < 1.29 is 0 Å². The molecule has 5 rings (SSSR count). The molecule has 0 atom stereocenters. The van der Waals surface area contributed by atoms with Gasteiger partial charge in [-0.1, -0.05) is 60.3 Å². The predicted octanol–water partition coefficient (Wildman–Crippen LogP) is 6.20. The van der Waals surface area contributed by atoms with Crippen LogP contribution in [0.15, 0.2) is 82.6 Å². The van der Waals surface area contributed by atoms with Gasteiger partial charge in [-0.2, -0.15) is 0 Å². The van der Waals surface area contributed by atoms with Gasteiger partial charge in [0, 0.05) is 9.79 Å². The third kappa shape index (κ3) is 1.81. The summed E-state index contributed by atoms with van der Waals surface area (Å²) in [4.78, 5) is 2.59. The molecule has 4 aromatic carbocycles. The van der Waals surface area contributed by atoms with Crippen molar-refractivity contribution in [3.05, 3.63) is 72.8 Å². The molecule has 0 radical (unpaired) electrons. The van der Waals surface area contributed by atoms with Gasteiger partial charge in [0.1, 0.15) is 0 Å². The minimum atomic E-state index is 1.20. The van der Waals surface area contributed by atoms with Gasteiger partial charge in [0.15, 0.2) is 0 Å². The lowest BCUT2D eigenvalue weighted by Crippen LogP contribution is -1.99. The zero-order valence-electron chi connectivity index (χ0n) is 11.8. The lowest BCUT2D eigenvalue weighted by atomic mass is 10.1. The van der Waals surface area contributed by atoms with E-state index in [1.54, 1.807) is 0 Å². The summed E-state index contributed by atoms with van der Waals surface area (Å²) in [6.07, 6.45) is 0. The molecule has 22 heavy (non-hydrogen) atoms. The third-order valence-corrected chi connectivity index (χ3v) is 5.30. The molecule has 1 nitrogen and oxygen atoms in total. The molecule has 104 valence electrons. The lowest BCUT2D eigenvalue weighted by molar-refractivity contribution is 1.34. The Balaban J connectivity index is 1.71. The number of nitrogens with one attached hydrogen (secondary N) is 1. The van der Waals surface area contributed by atoms with Crippen molar-refractivity contribution in [3.8, 4) is 0 Å². The van der Waals surface area contributed by atoms with Gasteiger partial charge in [0.25, 0.3) is 0 Å². The maximum Gasteiger partial charge on any atom is 0.0532 e. The van der Waals surface area contributed by atoms with Crippen molar-refractivity contribution in [1.82, 2.24) is 0 Å². The number of fused-ring (bicyclic) bond motifs is 4. The molecule has 2 heteroatoms. The number of rotatable bonds is 0. The van der Waals surface area contributed by atoms with E-state index < -0.39 is 0 Å². The second-order valence-electron chi connectivity index (χ2n) is 5.62. The molecule has 0 amide bonds. The molecule has 0 spiro atoms. The Kier molecular flexibility index (Phi) is 2.49. The summed E-state index contributed by atoms with van der Waals surface area (Å²) in [5.41, 5.74) is 2.40. The smallest absolute Gasteiger partial charge is 0.0532 e. The molecule has 1 aliphatic heterocycles. The van der Waals surface area contributed by atoms with Gasteiger partial charge >= 0.3 is 0 Å². The first-order valence-electron chi connectivity index (χ1n) is 7.37. The number of anilines is 2. The van der Waals surface area contributed by atoms with Crippen LogP contribution in [0.4, 0.5) is 11.4 Å². The summed E-state index contributed by atoms with van der Waals surface area (Å²) < 4.78 is 0. The Bertz CT molecular complexity index is 870. The Morgan fingerprint density at radius 3 is 1.41 bits per heavy atom. The number of hydrogen-bond acceptors (Lipinski definition) is 2. The Hall–Kier alpha value is -2.45. The molecule has 0 unspecified atom stereocenters. The van der Waals surface area contributed by atoms with Crippen LogP contribution in [0.1, 0.15) is 0 Å². The summed E-state index contributed by atoms with van der Waals surface area (Å²) in [7, 11) is 0. The molecule has 0 fully saturated rings. The topological polar surface area (TPSA) is 12.0 Å². The van der Waals surface area contributed by atoms with E-state index in [2.05, 4.69) is 78.1 Å². The first kappa shape index (κ1) is 12.1. The predicted molar refractivity (Wildman–Crippen MR) is 95.3 cm³/mol. The Labute approximate surface area is 133 Å². The van der Waals surface area contributed by atoms with E-state index in [0.717, 1.165) is 0 Å². The van der Waals surface area contributed by atoms with Gasteiger partial charge in [-0.05, 0) is 45.8 Å². The van der Waals surface area contributed by atoms with Gasteiger partial charge < -0.3 is 5.32 Å². The second-order valence-corrected chi connectivity index (χ2v) is 6.70. The Morgan fingerprint density at radius 2 is 0.955 bits per heavy atom. The molecule has 1 heterocycles. The van der Waals surface area contributed by atoms with Crippen LogP contribution >= 0.6 is 11.8 Å². The molecule has 0 saturated carbocycles. The van der Waals surface area contributed by atoms with E-state index in [-0.39, 0.29) is 0 Å². The van der Waals surface area contributed by atoms with Crippen LogP contribution in [0, 0.1) is 0 Å². The van der Waals surface area contributed by atoms with Crippen molar-refractivity contribution in [2.75, 3.05) is 5.32 Å². The lowest BCUT2D eigenvalue weighted by Gasteiger charge is -2.22. The highest BCUT2D eigenvalue weighted by Crippen LogP contribution is 2.46. The van der Waals surface area contributed by atoms with E-state index in [4.69, 9.17) is 0 Å². The van der Waals surface area contributed by atoms with Gasteiger partial charge in [0.2, 0.25) is 0 Å². The monoisotopic (exact) mass is 299 g/mol. The normalized spacial score (nSPS) is 12.7. The largest absolute Gasteiger partial charge is 0.354 e. The van der Waals surface area contributed by atoms with Gasteiger partial charge in [-0.15, -0.1) is 0 Å². The SMILES string of the molecule is c1ccc2cc3c(cc2c1)Nc1cc2ccccc2cc1S3. The molecule has 0 bridgehead atoms. The minimum absolute atomic E-state index is 1.20. The molecule has 1 aliphatic rings. The molecular formula is C20H13NS. The third-order valence-electron chi connectivity index (χ3n) is 4.19. The standard InChI is InChI=1S/C20H13NS/c1-3-7-15-11-19-17(9-13(15)5-1)21-18-10-14-6-2-4-8-16(14)12-20(18)22-19/h1-12,21H. The van der Waals surface area contributed by atoms with Crippen LogP contribution in [-0.4, -0.2) is 0 Å². The fourth-order valence-corrected chi connectivity index (χ4v) is 4.12. The van der Waals surface area contributed by atoms with Crippen molar-refractivity contribution >= 4 is 44.7 Å². The summed E-state index contributed by atoms with van der Waals surface area (Å²) >= 11 is 1.85. The first-order chi connectivity index (χ1) is 10.9. The van der Waals surface area contributed by atoms with Crippen LogP contribution in [0.3, 0.4) is 0 Å². The van der Waals surface area contributed by atoms with E-state index in [1.165, 1.54) is 42.7 Å². The average Bonchev–Trinajstić information content (AvgIpc) is 2.56. The van der Waals surface area contributed by atoms with Crippen LogP contribution in [-0.2, 0) is 0 Å². The highest BCUT2D eigenvalue weighted by atomic mass is 32.2. The quantitative estimate of drug-likeness (QED) is 0.365. The van der Waals surface area contributed by atoms with Gasteiger partial charge in [-0.3, -0.25) is 0 Å². The molecule has 0 aromatic heterocycles. The summed E-state index contributed by atoms with van der Waals surface area (Å²) in [5.74, 6) is 0. The maximum absolute atomic E-state index is 3.60. The van der Waals surface area contributed by atoms with Crippen LogP contribution in [0.5, 0.6) is 0 Å². The van der Waals surface area contributed by atoms with Crippen LogP contribution in [0.2, 0.25) is 0 Å². The zero-order valence-corrected chi connectivity index (χ0v) is 12.7. The average molecular weight is 299 g/mol. The maximum atomic E-state index is 3.60. The molecule has 0 saturated heterocycles. The number of benzene rings is 4. The van der Waals surface area contributed by atoms with E-state index in [9.17, 15) is 0 Å². The van der Waals surface area contributed by atoms with Crippen molar-refractivity contribution in [1.29, 1.82) is 0 Å². The highest BCUT2D eigenvalue weighted by Gasteiger charge is 2.17. The zero-order chi connectivity index (χ0) is 14.5. The van der Waals surface area contributed by atoms with Crippen molar-refractivity contribution in [3.63, 3.8) is 0 Å². The summed E-state index contributed by atoms with van der Waals surface area (Å²) in [5, 5.41) is 8.74. The van der Waals surface area contributed by atoms with Crippen LogP contribution in [0.25, 0.3) is 21.5 Å². The molecular weight excluding hydrogens is 286 g/mol. The highest BCUT2D eigenvalue weighted by molar-refractivity contribution is 7.99. The van der Waals surface area contributed by atoms with Gasteiger partial charge in [0.05, 0.1) is 11.4 Å². The van der Waals surface area contributed by atoms with Crippen LogP contribution < -0.4 is 5.32 Å². The summed E-state index contributed by atoms with van der Waals surface area (Å²) in [6.45, 7) is 0. The van der Waals surface area contributed by atoms with Crippen molar-refractivity contribution in [2.45, 2.75) is 9.79 Å². The van der Waals surface area contributed by atoms with E-state index in [1.807, 2.05) is 11.8 Å².